The van der Waals surface area contributed by atoms with Gasteiger partial charge in [-0.2, -0.15) is 0 Å². The predicted molar refractivity (Wildman–Crippen MR) is 114 cm³/mol. The van der Waals surface area contributed by atoms with Crippen LogP contribution in [0.1, 0.15) is 15.9 Å². The van der Waals surface area contributed by atoms with E-state index < -0.39 is 5.97 Å². The fraction of sp³-hybridized carbons (Fsp3) is 0.350. The van der Waals surface area contributed by atoms with Gasteiger partial charge in [0.1, 0.15) is 23.7 Å². The van der Waals surface area contributed by atoms with Crippen LogP contribution >= 0.6 is 27.5 Å². The molecule has 0 atom stereocenters. The second-order valence-corrected chi connectivity index (χ2v) is 7.89. The van der Waals surface area contributed by atoms with E-state index in [0.717, 1.165) is 17.6 Å². The molecule has 1 aliphatic rings. The number of hydrogen-bond donors (Lipinski definition) is 3. The maximum absolute atomic E-state index is 12.2. The molecule has 0 aliphatic carbocycles. The van der Waals surface area contributed by atoms with E-state index >= 15 is 0 Å². The van der Waals surface area contributed by atoms with Crippen molar-refractivity contribution in [3.05, 3.63) is 51.0 Å². The smallest absolute Gasteiger partial charge is 0.341 e. The van der Waals surface area contributed by atoms with Crippen molar-refractivity contribution in [3.63, 3.8) is 0 Å². The van der Waals surface area contributed by atoms with Gasteiger partial charge in [0.2, 0.25) is 0 Å². The summed E-state index contributed by atoms with van der Waals surface area (Å²) in [5.74, 6) is -0.756. The van der Waals surface area contributed by atoms with E-state index in [9.17, 15) is 15.0 Å². The zero-order valence-electron chi connectivity index (χ0n) is 15.7. The van der Waals surface area contributed by atoms with Gasteiger partial charge in [-0.1, -0.05) is 27.5 Å². The Morgan fingerprint density at radius 3 is 2.72 bits per heavy atom. The summed E-state index contributed by atoms with van der Waals surface area (Å²) in [4.78, 5) is 14.4. The highest BCUT2D eigenvalue weighted by Crippen LogP contribution is 2.32. The van der Waals surface area contributed by atoms with Gasteiger partial charge in [0.05, 0.1) is 18.2 Å². The minimum atomic E-state index is -0.571. The predicted octanol–water partition coefficient (Wildman–Crippen LogP) is 3.61. The Morgan fingerprint density at radius 2 is 2.00 bits per heavy atom. The number of anilines is 1. The number of carbonyl (C=O) groups excluding carboxylic acids is 1. The lowest BCUT2D eigenvalue weighted by atomic mass is 10.1. The number of aromatic hydroxyl groups is 2. The van der Waals surface area contributed by atoms with Gasteiger partial charge < -0.3 is 25.0 Å². The fourth-order valence-electron chi connectivity index (χ4n) is 2.94. The van der Waals surface area contributed by atoms with Gasteiger partial charge in [-0.3, -0.25) is 4.90 Å². The van der Waals surface area contributed by atoms with Gasteiger partial charge in [-0.25, -0.2) is 4.79 Å². The molecule has 29 heavy (non-hydrogen) atoms. The zero-order valence-corrected chi connectivity index (χ0v) is 18.0. The first kappa shape index (κ1) is 21.7. The Balaban J connectivity index is 1.54. The van der Waals surface area contributed by atoms with Crippen LogP contribution in [0.25, 0.3) is 0 Å². The Hall–Kier alpha value is -2.00. The molecule has 1 fully saturated rings. The minimum Gasteiger partial charge on any atom is -0.507 e. The molecule has 2 aromatic carbocycles. The highest BCUT2D eigenvalue weighted by molar-refractivity contribution is 9.10. The molecule has 1 heterocycles. The third kappa shape index (κ3) is 5.99. The summed E-state index contributed by atoms with van der Waals surface area (Å²) in [6.45, 7) is 4.19. The molecular weight excluding hydrogens is 464 g/mol. The molecule has 0 radical (unpaired) electrons. The van der Waals surface area contributed by atoms with Crippen molar-refractivity contribution in [3.8, 4) is 11.5 Å². The lowest BCUT2D eigenvalue weighted by Crippen LogP contribution is -2.38. The largest absolute Gasteiger partial charge is 0.507 e. The number of ether oxygens (including phenoxy) is 2. The van der Waals surface area contributed by atoms with Crippen molar-refractivity contribution >= 4 is 39.2 Å². The number of esters is 1. The monoisotopic (exact) mass is 484 g/mol. The zero-order chi connectivity index (χ0) is 20.8. The number of rotatable bonds is 7. The fourth-order valence-corrected chi connectivity index (χ4v) is 3.81. The van der Waals surface area contributed by atoms with Gasteiger partial charge in [-0.05, 0) is 24.3 Å². The molecule has 0 bridgehead atoms. The number of hydrogen-bond acceptors (Lipinski definition) is 7. The number of carbonyl (C=O) groups is 1. The minimum absolute atomic E-state index is 0.00736. The molecule has 3 rings (SSSR count). The van der Waals surface area contributed by atoms with E-state index in [1.807, 2.05) is 0 Å². The maximum atomic E-state index is 12.2. The third-order valence-corrected chi connectivity index (χ3v) is 5.30. The Labute approximate surface area is 182 Å². The molecule has 9 heteroatoms. The summed E-state index contributed by atoms with van der Waals surface area (Å²) in [5.41, 5.74) is 1.28. The Kier molecular flexibility index (Phi) is 7.60. The van der Waals surface area contributed by atoms with Gasteiger partial charge >= 0.3 is 5.97 Å². The second kappa shape index (κ2) is 10.2. The van der Waals surface area contributed by atoms with E-state index in [0.29, 0.717) is 31.0 Å². The molecule has 156 valence electrons. The van der Waals surface area contributed by atoms with Crippen molar-refractivity contribution in [2.24, 2.45) is 0 Å². The first-order valence-corrected chi connectivity index (χ1v) is 10.3. The molecule has 3 N–H and O–H groups in total. The molecule has 7 nitrogen and oxygen atoms in total. The quantitative estimate of drug-likeness (QED) is 0.516. The molecule has 2 aromatic rings. The van der Waals surface area contributed by atoms with E-state index in [1.54, 1.807) is 18.2 Å². The summed E-state index contributed by atoms with van der Waals surface area (Å²) < 4.78 is 11.3. The SMILES string of the molecule is O=C(OCCN1CCOCC1)c1ccc(NCc2cc(Br)cc(Cl)c2O)cc1O. The lowest BCUT2D eigenvalue weighted by molar-refractivity contribution is 0.0194. The average molecular weight is 486 g/mol. The highest BCUT2D eigenvalue weighted by atomic mass is 79.9. The first-order valence-electron chi connectivity index (χ1n) is 9.15. The van der Waals surface area contributed by atoms with Crippen molar-refractivity contribution in [2.45, 2.75) is 6.54 Å². The Bertz CT molecular complexity index is 874. The maximum Gasteiger partial charge on any atom is 0.341 e. The Morgan fingerprint density at radius 1 is 1.24 bits per heavy atom. The molecule has 0 saturated carbocycles. The van der Waals surface area contributed by atoms with Gasteiger partial charge in [0.25, 0.3) is 0 Å². The normalized spacial score (nSPS) is 14.6. The van der Waals surface area contributed by atoms with Crippen molar-refractivity contribution in [2.75, 3.05) is 44.8 Å². The molecule has 1 saturated heterocycles. The summed E-state index contributed by atoms with van der Waals surface area (Å²) in [5, 5.41) is 23.6. The topological polar surface area (TPSA) is 91.3 Å². The third-order valence-electron chi connectivity index (χ3n) is 4.55. The molecule has 1 aliphatic heterocycles. The van der Waals surface area contributed by atoms with Crippen LogP contribution < -0.4 is 5.32 Å². The number of benzene rings is 2. The van der Waals surface area contributed by atoms with Gasteiger partial charge in [0.15, 0.2) is 0 Å². The van der Waals surface area contributed by atoms with Crippen LogP contribution in [-0.4, -0.2) is 60.5 Å². The van der Waals surface area contributed by atoms with Crippen LogP contribution in [0.2, 0.25) is 5.02 Å². The van der Waals surface area contributed by atoms with Crippen LogP contribution in [0.4, 0.5) is 5.69 Å². The van der Waals surface area contributed by atoms with Crippen molar-refractivity contribution in [1.82, 2.24) is 4.90 Å². The summed E-state index contributed by atoms with van der Waals surface area (Å²) in [6.07, 6.45) is 0. The number of nitrogens with zero attached hydrogens (tertiary/aromatic N) is 1. The van der Waals surface area contributed by atoms with E-state index in [4.69, 9.17) is 21.1 Å². The van der Waals surface area contributed by atoms with Crippen molar-refractivity contribution in [1.29, 1.82) is 0 Å². The van der Waals surface area contributed by atoms with Crippen LogP contribution in [-0.2, 0) is 16.0 Å². The highest BCUT2D eigenvalue weighted by Gasteiger charge is 2.15. The molecule has 0 aromatic heterocycles. The number of phenolic OH excluding ortho intramolecular Hbond substituents is 2. The van der Waals surface area contributed by atoms with E-state index in [-0.39, 0.29) is 35.2 Å². The van der Waals surface area contributed by atoms with Crippen LogP contribution in [0, 0.1) is 0 Å². The van der Waals surface area contributed by atoms with Gasteiger partial charge in [0, 0.05) is 48.0 Å². The van der Waals surface area contributed by atoms with Gasteiger partial charge in [-0.15, -0.1) is 0 Å². The molecular formula is C20H22BrClN2O5. The van der Waals surface area contributed by atoms with Crippen molar-refractivity contribution < 1.29 is 24.5 Å². The molecule has 0 unspecified atom stereocenters. The summed E-state index contributed by atoms with van der Waals surface area (Å²) >= 11 is 9.30. The van der Waals surface area contributed by atoms with Crippen LogP contribution in [0.3, 0.4) is 0 Å². The number of phenols is 2. The summed E-state index contributed by atoms with van der Waals surface area (Å²) in [6, 6.07) is 7.95. The molecule has 0 amide bonds. The average Bonchev–Trinajstić information content (AvgIpc) is 2.70. The lowest BCUT2D eigenvalue weighted by Gasteiger charge is -2.26. The van der Waals surface area contributed by atoms with E-state index in [2.05, 4.69) is 26.1 Å². The number of halogens is 2. The summed E-state index contributed by atoms with van der Waals surface area (Å²) in [7, 11) is 0. The number of morpholine rings is 1. The van der Waals surface area contributed by atoms with Crippen LogP contribution in [0.15, 0.2) is 34.8 Å². The second-order valence-electron chi connectivity index (χ2n) is 6.57. The number of nitrogens with one attached hydrogen (secondary N) is 1. The van der Waals surface area contributed by atoms with E-state index in [1.165, 1.54) is 12.1 Å². The van der Waals surface area contributed by atoms with Crippen LogP contribution in [0.5, 0.6) is 11.5 Å². The first-order chi connectivity index (χ1) is 13.9. The molecule has 0 spiro atoms. The standard InChI is InChI=1S/C20H22BrClN2O5/c21-14-9-13(19(26)17(22)10-14)12-23-15-1-2-16(18(25)11-15)20(27)29-8-5-24-3-6-28-7-4-24/h1-2,9-11,23,25-26H,3-8,12H2.